The molecule has 1 aliphatic heterocycles. The molecule has 1 aromatic carbocycles. The van der Waals surface area contributed by atoms with Crippen LogP contribution in [0.3, 0.4) is 0 Å². The van der Waals surface area contributed by atoms with Crippen molar-refractivity contribution in [1.29, 1.82) is 0 Å². The van der Waals surface area contributed by atoms with E-state index in [1.807, 2.05) is 30.3 Å². The molecule has 1 aliphatic rings. The third-order valence-corrected chi connectivity index (χ3v) is 6.01. The van der Waals surface area contributed by atoms with E-state index in [1.54, 1.807) is 47.7 Å². The number of nitrogens with zero attached hydrogens (tertiary/aromatic N) is 2. The Balaban J connectivity index is 1.89. The smallest absolute Gasteiger partial charge is 0.456 e. The Morgan fingerprint density at radius 2 is 1.61 bits per heavy atom. The third kappa shape index (κ3) is 7.68. The second kappa shape index (κ2) is 10.9. The van der Waals surface area contributed by atoms with E-state index < -0.39 is 47.7 Å². The van der Waals surface area contributed by atoms with E-state index in [4.69, 9.17) is 18.9 Å². The number of benzene rings is 1. The van der Waals surface area contributed by atoms with Crippen LogP contribution in [-0.4, -0.2) is 63.5 Å². The molecule has 2 heterocycles. The highest BCUT2D eigenvalue weighted by Gasteiger charge is 2.49. The SMILES string of the molecule is CC(=O)O[C@@H]1[C@@H](OC(=O)OC(C)(C)C)CN(C(=O)OC(C)(C)C)[C@@H]1Cc1ccc(-c2ccns2)cc1. The van der Waals surface area contributed by atoms with Gasteiger partial charge in [0.1, 0.15) is 11.2 Å². The van der Waals surface area contributed by atoms with E-state index in [2.05, 4.69) is 4.37 Å². The molecule has 3 atom stereocenters. The monoisotopic (exact) mass is 518 g/mol. The fraction of sp³-hybridized carbons (Fsp3) is 0.538. The van der Waals surface area contributed by atoms with Crippen LogP contribution < -0.4 is 0 Å². The van der Waals surface area contributed by atoms with Gasteiger partial charge in [0.15, 0.2) is 12.2 Å². The van der Waals surface area contributed by atoms with Crippen LogP contribution in [0.4, 0.5) is 9.59 Å². The van der Waals surface area contributed by atoms with Gasteiger partial charge in [-0.25, -0.2) is 14.0 Å². The molecule has 1 amide bonds. The molecular formula is C26H34N2O7S. The van der Waals surface area contributed by atoms with Gasteiger partial charge in [0.05, 0.1) is 17.5 Å². The van der Waals surface area contributed by atoms with Gasteiger partial charge in [0.25, 0.3) is 0 Å². The van der Waals surface area contributed by atoms with Crippen molar-refractivity contribution >= 4 is 29.8 Å². The Bertz CT molecular complexity index is 1060. The maximum absolute atomic E-state index is 13.1. The molecule has 1 saturated heterocycles. The number of ether oxygens (including phenoxy) is 4. The molecule has 10 heteroatoms. The van der Waals surface area contributed by atoms with Crippen molar-refractivity contribution in [3.63, 3.8) is 0 Å². The number of amides is 1. The highest BCUT2D eigenvalue weighted by molar-refractivity contribution is 7.09. The Labute approximate surface area is 215 Å². The molecular weight excluding hydrogens is 484 g/mol. The highest BCUT2D eigenvalue weighted by Crippen LogP contribution is 2.31. The second-order valence-electron chi connectivity index (χ2n) is 10.7. The van der Waals surface area contributed by atoms with E-state index in [1.165, 1.54) is 23.4 Å². The predicted molar refractivity (Wildman–Crippen MR) is 135 cm³/mol. The minimum atomic E-state index is -0.919. The maximum atomic E-state index is 13.1. The van der Waals surface area contributed by atoms with Crippen LogP contribution in [0.5, 0.6) is 0 Å². The first-order valence-corrected chi connectivity index (χ1v) is 12.6. The van der Waals surface area contributed by atoms with Gasteiger partial charge in [-0.2, -0.15) is 0 Å². The Hall–Kier alpha value is -3.14. The summed E-state index contributed by atoms with van der Waals surface area (Å²) in [6.45, 7) is 11.7. The number of carbonyl (C=O) groups excluding carboxylic acids is 3. The summed E-state index contributed by atoms with van der Waals surface area (Å²) in [6, 6.07) is 9.18. The molecule has 0 spiro atoms. The maximum Gasteiger partial charge on any atom is 0.509 e. The van der Waals surface area contributed by atoms with E-state index in [0.29, 0.717) is 6.42 Å². The third-order valence-electron chi connectivity index (χ3n) is 5.21. The summed E-state index contributed by atoms with van der Waals surface area (Å²) in [7, 11) is 0. The number of hydrogen-bond acceptors (Lipinski definition) is 9. The molecule has 0 N–H and O–H groups in total. The van der Waals surface area contributed by atoms with Gasteiger partial charge in [-0.1, -0.05) is 24.3 Å². The molecule has 0 unspecified atom stereocenters. The normalized spacial score (nSPS) is 20.1. The molecule has 0 radical (unpaired) electrons. The zero-order chi connectivity index (χ0) is 26.7. The molecule has 196 valence electrons. The van der Waals surface area contributed by atoms with Gasteiger partial charge in [-0.3, -0.25) is 9.69 Å². The minimum absolute atomic E-state index is 0.00425. The van der Waals surface area contributed by atoms with Crippen LogP contribution in [0.15, 0.2) is 36.5 Å². The average Bonchev–Trinajstić information content (AvgIpc) is 3.36. The quantitative estimate of drug-likeness (QED) is 0.392. The van der Waals surface area contributed by atoms with Crippen LogP contribution in [0.1, 0.15) is 54.0 Å². The van der Waals surface area contributed by atoms with Gasteiger partial charge >= 0.3 is 18.2 Å². The first-order chi connectivity index (χ1) is 16.7. The van der Waals surface area contributed by atoms with Crippen molar-refractivity contribution in [2.24, 2.45) is 0 Å². The van der Waals surface area contributed by atoms with E-state index in [-0.39, 0.29) is 6.54 Å². The molecule has 2 aromatic rings. The average molecular weight is 519 g/mol. The topological polar surface area (TPSA) is 104 Å². The fourth-order valence-electron chi connectivity index (χ4n) is 3.87. The number of esters is 1. The highest BCUT2D eigenvalue weighted by atomic mass is 32.1. The van der Waals surface area contributed by atoms with Crippen LogP contribution >= 0.6 is 11.5 Å². The van der Waals surface area contributed by atoms with Gasteiger partial charge in [0, 0.05) is 13.1 Å². The summed E-state index contributed by atoms with van der Waals surface area (Å²) in [5.74, 6) is -0.547. The summed E-state index contributed by atoms with van der Waals surface area (Å²) < 4.78 is 26.2. The number of likely N-dealkylation sites (tertiary alicyclic amines) is 1. The molecule has 0 aliphatic carbocycles. The van der Waals surface area contributed by atoms with Crippen LogP contribution in [-0.2, 0) is 30.2 Å². The van der Waals surface area contributed by atoms with Crippen molar-refractivity contribution in [2.75, 3.05) is 6.54 Å². The number of carbonyl (C=O) groups is 3. The lowest BCUT2D eigenvalue weighted by molar-refractivity contribution is -0.153. The van der Waals surface area contributed by atoms with Crippen LogP contribution in [0.2, 0.25) is 0 Å². The van der Waals surface area contributed by atoms with Gasteiger partial charge < -0.3 is 18.9 Å². The second-order valence-corrected chi connectivity index (χ2v) is 11.5. The van der Waals surface area contributed by atoms with Crippen molar-refractivity contribution in [2.45, 2.75) is 84.3 Å². The molecule has 1 fully saturated rings. The molecule has 1 aromatic heterocycles. The number of hydrogen-bond donors (Lipinski definition) is 0. The predicted octanol–water partition coefficient (Wildman–Crippen LogP) is 5.22. The fourth-order valence-corrected chi connectivity index (χ4v) is 4.47. The first-order valence-electron chi connectivity index (χ1n) is 11.8. The zero-order valence-corrected chi connectivity index (χ0v) is 22.6. The summed E-state index contributed by atoms with van der Waals surface area (Å²) >= 11 is 1.40. The van der Waals surface area contributed by atoms with Gasteiger partial charge in [0.2, 0.25) is 0 Å². The summed E-state index contributed by atoms with van der Waals surface area (Å²) in [5, 5.41) is 0. The molecule has 0 bridgehead atoms. The Morgan fingerprint density at radius 3 is 2.14 bits per heavy atom. The van der Waals surface area contributed by atoms with Crippen molar-refractivity contribution in [1.82, 2.24) is 9.27 Å². The van der Waals surface area contributed by atoms with E-state index in [9.17, 15) is 14.4 Å². The van der Waals surface area contributed by atoms with E-state index >= 15 is 0 Å². The van der Waals surface area contributed by atoms with Crippen molar-refractivity contribution in [3.05, 3.63) is 42.1 Å². The number of rotatable bonds is 5. The Kier molecular flexibility index (Phi) is 8.28. The van der Waals surface area contributed by atoms with Crippen LogP contribution in [0, 0.1) is 0 Å². The zero-order valence-electron chi connectivity index (χ0n) is 21.8. The molecule has 3 rings (SSSR count). The summed E-state index contributed by atoms with van der Waals surface area (Å²) in [5.41, 5.74) is 0.437. The van der Waals surface area contributed by atoms with E-state index in [0.717, 1.165) is 16.0 Å². The van der Waals surface area contributed by atoms with Gasteiger partial charge in [-0.15, -0.1) is 0 Å². The van der Waals surface area contributed by atoms with Crippen LogP contribution in [0.25, 0.3) is 10.4 Å². The van der Waals surface area contributed by atoms with Gasteiger partial charge in [-0.05, 0) is 76.7 Å². The number of aromatic nitrogens is 1. The Morgan fingerprint density at radius 1 is 0.972 bits per heavy atom. The molecule has 0 saturated carbocycles. The lowest BCUT2D eigenvalue weighted by Crippen LogP contribution is -2.45. The summed E-state index contributed by atoms with van der Waals surface area (Å²) in [6.07, 6.45) is -1.19. The first kappa shape index (κ1) is 27.4. The standard InChI is InChI=1S/C26H34N2O7S/c1-16(29)32-22-19(14-17-8-10-18(11-9-17)21-12-13-27-36-21)28(23(30)34-25(2,3)4)15-20(22)33-24(31)35-26(5,6)7/h8-13,19-20,22H,14-15H2,1-7H3/t19-,20+,22+/m1/s1. The lowest BCUT2D eigenvalue weighted by atomic mass is 9.99. The molecule has 36 heavy (non-hydrogen) atoms. The van der Waals surface area contributed by atoms with Crippen molar-refractivity contribution in [3.8, 4) is 10.4 Å². The summed E-state index contributed by atoms with van der Waals surface area (Å²) in [4.78, 5) is 40.1. The minimum Gasteiger partial charge on any atom is -0.456 e. The largest absolute Gasteiger partial charge is 0.509 e. The van der Waals surface area contributed by atoms with Crippen molar-refractivity contribution < 1.29 is 33.3 Å². The molecule has 9 nitrogen and oxygen atoms in total. The lowest BCUT2D eigenvalue weighted by Gasteiger charge is -2.30.